The first-order valence-electron chi connectivity index (χ1n) is 6.91. The fourth-order valence-corrected chi connectivity index (χ4v) is 3.32. The molecule has 1 fully saturated rings. The van der Waals surface area contributed by atoms with Gasteiger partial charge in [0.25, 0.3) is 0 Å². The van der Waals surface area contributed by atoms with E-state index < -0.39 is 0 Å². The molecule has 1 saturated carbocycles. The molecule has 2 unspecified atom stereocenters. The highest BCUT2D eigenvalue weighted by Gasteiger charge is 2.23. The Labute approximate surface area is 123 Å². The van der Waals surface area contributed by atoms with E-state index in [0.717, 1.165) is 29.0 Å². The van der Waals surface area contributed by atoms with Crippen LogP contribution in [0.1, 0.15) is 44.6 Å². The lowest BCUT2D eigenvalue weighted by Crippen LogP contribution is -2.26. The van der Waals surface area contributed by atoms with Crippen LogP contribution >= 0.6 is 15.9 Å². The van der Waals surface area contributed by atoms with Crippen LogP contribution in [0.4, 0.5) is 0 Å². The van der Waals surface area contributed by atoms with Gasteiger partial charge < -0.3 is 10.5 Å². The lowest BCUT2D eigenvalue weighted by atomic mass is 9.85. The van der Waals surface area contributed by atoms with Crippen LogP contribution < -0.4 is 10.5 Å². The highest BCUT2D eigenvalue weighted by molar-refractivity contribution is 9.10. The van der Waals surface area contributed by atoms with Gasteiger partial charge in [0.05, 0.1) is 11.7 Å². The first kappa shape index (κ1) is 14.4. The van der Waals surface area contributed by atoms with Crippen LogP contribution in [0.15, 0.2) is 22.7 Å². The normalized spacial score (nSPS) is 23.1. The molecule has 1 aliphatic carbocycles. The van der Waals surface area contributed by atoms with Crippen LogP contribution in [0.25, 0.3) is 0 Å². The minimum absolute atomic E-state index is 0.0466. The minimum Gasteiger partial charge on any atom is -0.490 e. The Morgan fingerprint density at radius 1 is 1.47 bits per heavy atom. The Balaban J connectivity index is 2.14. The van der Waals surface area contributed by atoms with Crippen LogP contribution in [0.5, 0.6) is 5.75 Å². The molecule has 0 radical (unpaired) electrons. The van der Waals surface area contributed by atoms with Crippen LogP contribution in [-0.2, 0) is 0 Å². The highest BCUT2D eigenvalue weighted by Crippen LogP contribution is 2.32. The molecule has 19 heavy (non-hydrogen) atoms. The van der Waals surface area contributed by atoms with Crippen molar-refractivity contribution in [1.82, 2.24) is 0 Å². The summed E-state index contributed by atoms with van der Waals surface area (Å²) in [4.78, 5) is 0. The molecule has 3 nitrogen and oxygen atoms in total. The quantitative estimate of drug-likeness (QED) is 0.647. The number of rotatable bonds is 4. The molecule has 0 bridgehead atoms. The van der Waals surface area contributed by atoms with E-state index in [-0.39, 0.29) is 11.9 Å². The molecular formula is C15H21BrN2O. The molecular weight excluding hydrogens is 304 g/mol. The smallest absolute Gasteiger partial charge is 0.131 e. The molecule has 1 aromatic carbocycles. The highest BCUT2D eigenvalue weighted by atomic mass is 79.9. The molecule has 0 spiro atoms. The summed E-state index contributed by atoms with van der Waals surface area (Å²) < 4.78 is 6.93. The Morgan fingerprint density at radius 2 is 2.26 bits per heavy atom. The third-order valence-corrected chi connectivity index (χ3v) is 4.51. The second-order valence-corrected chi connectivity index (χ2v) is 6.06. The number of nitrogens with two attached hydrogens (primary N) is 1. The van der Waals surface area contributed by atoms with Crippen molar-refractivity contribution >= 4 is 21.8 Å². The third-order valence-electron chi connectivity index (χ3n) is 3.85. The van der Waals surface area contributed by atoms with Gasteiger partial charge in [-0.2, -0.15) is 0 Å². The van der Waals surface area contributed by atoms with Crippen molar-refractivity contribution in [1.29, 1.82) is 5.41 Å². The second kappa shape index (κ2) is 6.42. The molecule has 4 heteroatoms. The molecule has 0 aliphatic heterocycles. The summed E-state index contributed by atoms with van der Waals surface area (Å²) in [7, 11) is 0. The van der Waals surface area contributed by atoms with E-state index in [1.54, 1.807) is 0 Å². The van der Waals surface area contributed by atoms with Gasteiger partial charge in [-0.25, -0.2) is 0 Å². The lowest BCUT2D eigenvalue weighted by molar-refractivity contribution is 0.122. The molecule has 0 saturated heterocycles. The van der Waals surface area contributed by atoms with Crippen molar-refractivity contribution in [3.8, 4) is 5.75 Å². The Bertz CT molecular complexity index is 461. The summed E-state index contributed by atoms with van der Waals surface area (Å²) >= 11 is 3.44. The predicted molar refractivity (Wildman–Crippen MR) is 81.8 cm³/mol. The van der Waals surface area contributed by atoms with E-state index in [9.17, 15) is 0 Å². The maximum absolute atomic E-state index is 7.68. The minimum atomic E-state index is 0.0466. The van der Waals surface area contributed by atoms with Gasteiger partial charge in [-0.3, -0.25) is 5.41 Å². The first-order chi connectivity index (χ1) is 9.11. The first-order valence-corrected chi connectivity index (χ1v) is 7.70. The predicted octanol–water partition coefficient (Wildman–Crippen LogP) is 4.08. The summed E-state index contributed by atoms with van der Waals surface area (Å²) in [5.41, 5.74) is 6.31. The lowest BCUT2D eigenvalue weighted by Gasteiger charge is -2.29. The number of amidine groups is 1. The number of nitrogen functional groups attached to an aromatic ring is 1. The SMILES string of the molecule is CCC1CCCC(Oc2cccc(Br)c2C(=N)N)C1. The number of benzene rings is 1. The monoisotopic (exact) mass is 324 g/mol. The molecule has 0 heterocycles. The van der Waals surface area contributed by atoms with Gasteiger partial charge in [-0.15, -0.1) is 0 Å². The maximum Gasteiger partial charge on any atom is 0.131 e. The van der Waals surface area contributed by atoms with Gasteiger partial charge in [0.2, 0.25) is 0 Å². The largest absolute Gasteiger partial charge is 0.490 e. The van der Waals surface area contributed by atoms with E-state index in [4.69, 9.17) is 15.9 Å². The summed E-state index contributed by atoms with van der Waals surface area (Å²) in [6.45, 7) is 2.24. The zero-order chi connectivity index (χ0) is 13.8. The Hall–Kier alpha value is -1.03. The molecule has 2 atom stereocenters. The summed E-state index contributed by atoms with van der Waals surface area (Å²) in [6, 6.07) is 5.71. The number of ether oxygens (including phenoxy) is 1. The molecule has 1 aromatic rings. The van der Waals surface area contributed by atoms with Gasteiger partial charge in [-0.1, -0.05) is 25.8 Å². The van der Waals surface area contributed by atoms with Crippen LogP contribution in [0, 0.1) is 11.3 Å². The number of hydrogen-bond donors (Lipinski definition) is 2. The summed E-state index contributed by atoms with van der Waals surface area (Å²) in [5.74, 6) is 1.54. The molecule has 0 amide bonds. The Morgan fingerprint density at radius 3 is 2.95 bits per heavy atom. The number of nitrogens with one attached hydrogen (secondary N) is 1. The Kier molecular flexibility index (Phi) is 4.86. The summed E-state index contributed by atoms with van der Waals surface area (Å²) in [5, 5.41) is 7.68. The third kappa shape index (κ3) is 3.50. The average molecular weight is 325 g/mol. The fourth-order valence-electron chi connectivity index (χ4n) is 2.76. The molecule has 0 aromatic heterocycles. The van der Waals surface area contributed by atoms with Crippen LogP contribution in [0.3, 0.4) is 0 Å². The van der Waals surface area contributed by atoms with Crippen molar-refractivity contribution < 1.29 is 4.74 Å². The van der Waals surface area contributed by atoms with Crippen molar-refractivity contribution in [2.45, 2.75) is 45.1 Å². The molecule has 2 rings (SSSR count). The zero-order valence-corrected chi connectivity index (χ0v) is 12.9. The van der Waals surface area contributed by atoms with E-state index >= 15 is 0 Å². The number of hydrogen-bond acceptors (Lipinski definition) is 2. The van der Waals surface area contributed by atoms with Gasteiger partial charge in [-0.05, 0) is 53.2 Å². The van der Waals surface area contributed by atoms with Crippen molar-refractivity contribution in [3.05, 3.63) is 28.2 Å². The zero-order valence-electron chi connectivity index (χ0n) is 11.3. The van der Waals surface area contributed by atoms with Crippen molar-refractivity contribution in [2.75, 3.05) is 0 Å². The van der Waals surface area contributed by atoms with E-state index in [2.05, 4.69) is 22.9 Å². The molecule has 1 aliphatic rings. The van der Waals surface area contributed by atoms with Gasteiger partial charge in [0.15, 0.2) is 0 Å². The maximum atomic E-state index is 7.68. The van der Waals surface area contributed by atoms with Crippen molar-refractivity contribution in [3.63, 3.8) is 0 Å². The van der Waals surface area contributed by atoms with E-state index in [0.29, 0.717) is 5.56 Å². The number of halogens is 1. The fraction of sp³-hybridized carbons (Fsp3) is 0.533. The van der Waals surface area contributed by atoms with Gasteiger partial charge >= 0.3 is 0 Å². The average Bonchev–Trinajstić information content (AvgIpc) is 2.38. The topological polar surface area (TPSA) is 59.1 Å². The van der Waals surface area contributed by atoms with Crippen LogP contribution in [-0.4, -0.2) is 11.9 Å². The van der Waals surface area contributed by atoms with E-state index in [1.807, 2.05) is 18.2 Å². The van der Waals surface area contributed by atoms with Gasteiger partial charge in [0.1, 0.15) is 11.6 Å². The van der Waals surface area contributed by atoms with Crippen molar-refractivity contribution in [2.24, 2.45) is 11.7 Å². The summed E-state index contributed by atoms with van der Waals surface area (Å²) in [6.07, 6.45) is 6.23. The molecule has 3 N–H and O–H groups in total. The second-order valence-electron chi connectivity index (χ2n) is 5.21. The standard InChI is InChI=1S/C15H21BrN2O/c1-2-10-5-3-6-11(9-10)19-13-8-4-7-12(16)14(13)15(17)18/h4,7-8,10-11H,2-3,5-6,9H2,1H3,(H3,17,18). The van der Waals surface area contributed by atoms with Crippen LogP contribution in [0.2, 0.25) is 0 Å². The molecule has 104 valence electrons. The van der Waals surface area contributed by atoms with Gasteiger partial charge in [0, 0.05) is 4.47 Å². The van der Waals surface area contributed by atoms with E-state index in [1.165, 1.54) is 19.3 Å².